The molecule has 1 atom stereocenters. The van der Waals surface area contributed by atoms with Crippen LogP contribution in [0.4, 0.5) is 0 Å². The molecule has 0 fully saturated rings. The molecule has 0 spiro atoms. The highest BCUT2D eigenvalue weighted by Crippen LogP contribution is 2.35. The molecular formula is C15H14Cl2N2O2. The van der Waals surface area contributed by atoms with Gasteiger partial charge in [0, 0.05) is 12.6 Å². The van der Waals surface area contributed by atoms with Crippen LogP contribution in [0.3, 0.4) is 0 Å². The minimum atomic E-state index is -0.129. The normalized spacial score (nSPS) is 17.7. The van der Waals surface area contributed by atoms with Crippen LogP contribution in [0.15, 0.2) is 22.7 Å². The summed E-state index contributed by atoms with van der Waals surface area (Å²) in [5, 5.41) is 4.86. The lowest BCUT2D eigenvalue weighted by molar-refractivity contribution is 0.0667. The van der Waals surface area contributed by atoms with Gasteiger partial charge in [0.1, 0.15) is 5.76 Å². The smallest absolute Gasteiger partial charge is 0.276 e. The molecule has 1 amide bonds. The predicted molar refractivity (Wildman–Crippen MR) is 80.9 cm³/mol. The molecule has 0 unspecified atom stereocenters. The average molecular weight is 325 g/mol. The van der Waals surface area contributed by atoms with Crippen LogP contribution < -0.4 is 0 Å². The van der Waals surface area contributed by atoms with Gasteiger partial charge < -0.3 is 9.42 Å². The first-order chi connectivity index (χ1) is 9.97. The third kappa shape index (κ3) is 2.54. The Morgan fingerprint density at radius 2 is 2.05 bits per heavy atom. The van der Waals surface area contributed by atoms with Crippen LogP contribution in [-0.4, -0.2) is 22.5 Å². The summed E-state index contributed by atoms with van der Waals surface area (Å²) in [7, 11) is 0. The van der Waals surface area contributed by atoms with Crippen molar-refractivity contribution in [2.75, 3.05) is 6.54 Å². The monoisotopic (exact) mass is 324 g/mol. The van der Waals surface area contributed by atoms with Crippen LogP contribution in [0.25, 0.3) is 0 Å². The highest BCUT2D eigenvalue weighted by Gasteiger charge is 2.30. The van der Waals surface area contributed by atoms with E-state index in [1.807, 2.05) is 19.1 Å². The highest BCUT2D eigenvalue weighted by atomic mass is 35.5. The lowest BCUT2D eigenvalue weighted by Gasteiger charge is -2.35. The first-order valence-electron chi connectivity index (χ1n) is 6.69. The van der Waals surface area contributed by atoms with Crippen molar-refractivity contribution in [2.45, 2.75) is 26.3 Å². The second-order valence-corrected chi connectivity index (χ2v) is 6.03. The van der Waals surface area contributed by atoms with Crippen LogP contribution in [0.2, 0.25) is 10.0 Å². The zero-order chi connectivity index (χ0) is 15.1. The number of aromatic nitrogens is 1. The number of nitrogens with zero attached hydrogens (tertiary/aromatic N) is 2. The topological polar surface area (TPSA) is 46.3 Å². The lowest BCUT2D eigenvalue weighted by Crippen LogP contribution is -2.39. The quantitative estimate of drug-likeness (QED) is 0.795. The van der Waals surface area contributed by atoms with E-state index in [2.05, 4.69) is 5.16 Å². The molecule has 0 saturated carbocycles. The van der Waals surface area contributed by atoms with Crippen molar-refractivity contribution < 1.29 is 9.32 Å². The SMILES string of the molecule is Cc1cc(C(=O)N2CCc3cc(Cl)c(Cl)cc3[C@@H]2C)no1. The Morgan fingerprint density at radius 1 is 1.33 bits per heavy atom. The minimum absolute atomic E-state index is 0.0759. The fourth-order valence-electron chi connectivity index (χ4n) is 2.70. The van der Waals surface area contributed by atoms with Gasteiger partial charge in [0.05, 0.1) is 16.1 Å². The number of fused-ring (bicyclic) bond motifs is 1. The Labute approximate surface area is 132 Å². The zero-order valence-electron chi connectivity index (χ0n) is 11.7. The fourth-order valence-corrected chi connectivity index (χ4v) is 3.06. The van der Waals surface area contributed by atoms with Gasteiger partial charge >= 0.3 is 0 Å². The zero-order valence-corrected chi connectivity index (χ0v) is 13.2. The van der Waals surface area contributed by atoms with E-state index in [0.29, 0.717) is 28.0 Å². The Balaban J connectivity index is 1.93. The van der Waals surface area contributed by atoms with E-state index in [9.17, 15) is 4.79 Å². The van der Waals surface area contributed by atoms with Crippen molar-refractivity contribution >= 4 is 29.1 Å². The molecule has 0 saturated heterocycles. The van der Waals surface area contributed by atoms with Crippen molar-refractivity contribution in [1.82, 2.24) is 10.1 Å². The number of carbonyl (C=O) groups excluding carboxylic acids is 1. The summed E-state index contributed by atoms with van der Waals surface area (Å²) < 4.78 is 4.98. The molecule has 1 aliphatic rings. The van der Waals surface area contributed by atoms with E-state index in [0.717, 1.165) is 17.5 Å². The molecule has 0 N–H and O–H groups in total. The van der Waals surface area contributed by atoms with Crippen molar-refractivity contribution in [3.8, 4) is 0 Å². The summed E-state index contributed by atoms with van der Waals surface area (Å²) in [4.78, 5) is 14.3. The average Bonchev–Trinajstić information content (AvgIpc) is 2.87. The number of aryl methyl sites for hydroxylation is 1. The molecule has 2 aromatic rings. The number of amides is 1. The molecule has 110 valence electrons. The molecule has 1 aromatic carbocycles. The van der Waals surface area contributed by atoms with Gasteiger partial charge in [-0.2, -0.15) is 0 Å². The highest BCUT2D eigenvalue weighted by molar-refractivity contribution is 6.42. The summed E-state index contributed by atoms with van der Waals surface area (Å²) in [6.07, 6.45) is 0.749. The predicted octanol–water partition coefficient (Wildman–Crippen LogP) is 4.05. The van der Waals surface area contributed by atoms with Crippen LogP contribution in [-0.2, 0) is 6.42 Å². The van der Waals surface area contributed by atoms with Gasteiger partial charge in [-0.3, -0.25) is 4.79 Å². The first kappa shape index (κ1) is 14.4. The number of benzene rings is 1. The van der Waals surface area contributed by atoms with Gasteiger partial charge in [-0.15, -0.1) is 0 Å². The van der Waals surface area contributed by atoms with Crippen molar-refractivity contribution in [3.05, 3.63) is 50.8 Å². The molecule has 1 aromatic heterocycles. The van der Waals surface area contributed by atoms with Gasteiger partial charge in [0.25, 0.3) is 5.91 Å². The Bertz CT molecular complexity index is 712. The number of rotatable bonds is 1. The molecule has 0 aliphatic carbocycles. The first-order valence-corrected chi connectivity index (χ1v) is 7.45. The third-order valence-electron chi connectivity index (χ3n) is 3.83. The van der Waals surface area contributed by atoms with Crippen molar-refractivity contribution in [1.29, 1.82) is 0 Å². The summed E-state index contributed by atoms with van der Waals surface area (Å²) in [6, 6.07) is 5.31. The van der Waals surface area contributed by atoms with E-state index < -0.39 is 0 Å². The van der Waals surface area contributed by atoms with Gasteiger partial charge in [0.2, 0.25) is 0 Å². The van der Waals surface area contributed by atoms with Crippen molar-refractivity contribution in [2.24, 2.45) is 0 Å². The molecule has 3 rings (SSSR count). The van der Waals surface area contributed by atoms with Gasteiger partial charge in [-0.1, -0.05) is 28.4 Å². The maximum Gasteiger partial charge on any atom is 0.276 e. The second-order valence-electron chi connectivity index (χ2n) is 5.21. The fraction of sp³-hybridized carbons (Fsp3) is 0.333. The summed E-state index contributed by atoms with van der Waals surface area (Å²) >= 11 is 12.2. The summed E-state index contributed by atoms with van der Waals surface area (Å²) in [5.74, 6) is 0.495. The van der Waals surface area contributed by atoms with Crippen LogP contribution in [0.1, 0.15) is 40.3 Å². The van der Waals surface area contributed by atoms with Crippen LogP contribution in [0.5, 0.6) is 0 Å². The van der Waals surface area contributed by atoms with Crippen molar-refractivity contribution in [3.63, 3.8) is 0 Å². The molecule has 2 heterocycles. The number of hydrogen-bond donors (Lipinski definition) is 0. The lowest BCUT2D eigenvalue weighted by atomic mass is 9.93. The Hall–Kier alpha value is -1.52. The van der Waals surface area contributed by atoms with E-state index in [1.54, 1.807) is 17.9 Å². The molecule has 1 aliphatic heterocycles. The largest absolute Gasteiger partial charge is 0.361 e. The summed E-state index contributed by atoms with van der Waals surface area (Å²) in [5.41, 5.74) is 2.50. The number of carbonyl (C=O) groups is 1. The maximum absolute atomic E-state index is 12.5. The van der Waals surface area contributed by atoms with E-state index in [1.165, 1.54) is 0 Å². The van der Waals surface area contributed by atoms with E-state index >= 15 is 0 Å². The second kappa shape index (κ2) is 5.35. The van der Waals surface area contributed by atoms with E-state index in [-0.39, 0.29) is 11.9 Å². The summed E-state index contributed by atoms with van der Waals surface area (Å²) in [6.45, 7) is 4.37. The molecular weight excluding hydrogens is 311 g/mol. The maximum atomic E-state index is 12.5. The molecule has 0 radical (unpaired) electrons. The minimum Gasteiger partial charge on any atom is -0.361 e. The van der Waals surface area contributed by atoms with Gasteiger partial charge in [-0.25, -0.2) is 0 Å². The van der Waals surface area contributed by atoms with E-state index in [4.69, 9.17) is 27.7 Å². The van der Waals surface area contributed by atoms with Crippen LogP contribution >= 0.6 is 23.2 Å². The molecule has 0 bridgehead atoms. The number of hydrogen-bond acceptors (Lipinski definition) is 3. The van der Waals surface area contributed by atoms with Gasteiger partial charge in [0.15, 0.2) is 5.69 Å². The standard InChI is InChI=1S/C15H14Cl2N2O2/c1-8-5-14(18-21-8)15(20)19-4-3-10-6-12(16)13(17)7-11(10)9(19)2/h5-7,9H,3-4H2,1-2H3/t9-/m0/s1. The third-order valence-corrected chi connectivity index (χ3v) is 4.55. The Morgan fingerprint density at radius 3 is 2.71 bits per heavy atom. The molecule has 21 heavy (non-hydrogen) atoms. The Kier molecular flexibility index (Phi) is 3.68. The van der Waals surface area contributed by atoms with Crippen LogP contribution in [0, 0.1) is 6.92 Å². The molecule has 6 heteroatoms. The number of halogens is 2. The van der Waals surface area contributed by atoms with Gasteiger partial charge in [-0.05, 0) is 43.5 Å². The molecule has 4 nitrogen and oxygen atoms in total.